The molecular formula is C18H20Cl2N2O. The van der Waals surface area contributed by atoms with Gasteiger partial charge in [0.05, 0.1) is 12.6 Å². The first-order valence-electron chi connectivity index (χ1n) is 7.84. The molecular weight excluding hydrogens is 331 g/mol. The number of benzene rings is 1. The van der Waals surface area contributed by atoms with Crippen LogP contribution in [0.1, 0.15) is 37.7 Å². The Morgan fingerprint density at radius 1 is 1.35 bits per heavy atom. The molecule has 3 nitrogen and oxygen atoms in total. The molecule has 1 amide bonds. The van der Waals surface area contributed by atoms with Crippen molar-refractivity contribution in [1.82, 2.24) is 4.90 Å². The van der Waals surface area contributed by atoms with Gasteiger partial charge in [0, 0.05) is 12.1 Å². The second-order valence-electron chi connectivity index (χ2n) is 5.66. The summed E-state index contributed by atoms with van der Waals surface area (Å²) in [6, 6.07) is 12.0. The molecule has 5 heteroatoms. The largest absolute Gasteiger partial charge is 0.309 e. The maximum Gasteiger partial charge on any atom is 0.260 e. The molecule has 1 aliphatic rings. The Hall–Kier alpha value is -1.50. The van der Waals surface area contributed by atoms with Gasteiger partial charge < -0.3 is 4.90 Å². The second-order valence-corrected chi connectivity index (χ2v) is 6.76. The average molecular weight is 351 g/mol. The quantitative estimate of drug-likeness (QED) is 0.691. The number of rotatable bonds is 6. The molecule has 0 N–H and O–H groups in total. The number of carbonyl (C=O) groups excluding carboxylic acids is 1. The summed E-state index contributed by atoms with van der Waals surface area (Å²) in [5.74, 6) is -0.0876. The summed E-state index contributed by atoms with van der Waals surface area (Å²) in [6.07, 6.45) is 6.35. The van der Waals surface area contributed by atoms with Crippen molar-refractivity contribution in [2.45, 2.75) is 43.5 Å². The fourth-order valence-corrected chi connectivity index (χ4v) is 3.21. The third-order valence-corrected chi connectivity index (χ3v) is 4.45. The van der Waals surface area contributed by atoms with Gasteiger partial charge in [-0.2, -0.15) is 5.26 Å². The van der Waals surface area contributed by atoms with Crippen molar-refractivity contribution in [2.75, 3.05) is 0 Å². The third kappa shape index (κ3) is 4.99. The zero-order chi connectivity index (χ0) is 16.7. The molecule has 0 fully saturated rings. The fraction of sp³-hybridized carbons (Fsp3) is 0.444. The SMILES string of the molecule is N#CCC[C@H]1CCCC=C1N(Cc1ccccc1)C(=O)C(Cl)Cl. The van der Waals surface area contributed by atoms with E-state index in [1.165, 1.54) is 0 Å². The van der Waals surface area contributed by atoms with Crippen LogP contribution in [0.15, 0.2) is 42.1 Å². The van der Waals surface area contributed by atoms with Gasteiger partial charge >= 0.3 is 0 Å². The van der Waals surface area contributed by atoms with E-state index in [0.29, 0.717) is 13.0 Å². The first-order valence-corrected chi connectivity index (χ1v) is 8.71. The molecule has 1 aromatic rings. The summed E-state index contributed by atoms with van der Waals surface area (Å²) in [6.45, 7) is 0.449. The Kier molecular flexibility index (Phi) is 6.95. The van der Waals surface area contributed by atoms with Gasteiger partial charge in [-0.05, 0) is 37.2 Å². The highest BCUT2D eigenvalue weighted by Gasteiger charge is 2.29. The van der Waals surface area contributed by atoms with Crippen LogP contribution in [0.3, 0.4) is 0 Å². The van der Waals surface area contributed by atoms with E-state index in [1.54, 1.807) is 4.90 Å². The van der Waals surface area contributed by atoms with Crippen LogP contribution < -0.4 is 0 Å². The van der Waals surface area contributed by atoms with Crippen molar-refractivity contribution in [1.29, 1.82) is 5.26 Å². The van der Waals surface area contributed by atoms with Crippen LogP contribution in [-0.2, 0) is 11.3 Å². The molecule has 1 atom stereocenters. The number of hydrogen-bond donors (Lipinski definition) is 0. The molecule has 122 valence electrons. The lowest BCUT2D eigenvalue weighted by Gasteiger charge is -2.33. The summed E-state index contributed by atoms with van der Waals surface area (Å²) in [5, 5.41) is 8.86. The van der Waals surface area contributed by atoms with Crippen molar-refractivity contribution in [2.24, 2.45) is 5.92 Å². The summed E-state index contributed by atoms with van der Waals surface area (Å²) in [7, 11) is 0. The van der Waals surface area contributed by atoms with Crippen molar-refractivity contribution < 1.29 is 4.79 Å². The summed E-state index contributed by atoms with van der Waals surface area (Å²) in [4.78, 5) is 13.1. The highest BCUT2D eigenvalue weighted by atomic mass is 35.5. The minimum absolute atomic E-state index is 0.211. The van der Waals surface area contributed by atoms with Gasteiger partial charge in [-0.15, -0.1) is 0 Å². The number of nitriles is 1. The zero-order valence-corrected chi connectivity index (χ0v) is 14.4. The predicted octanol–water partition coefficient (Wildman–Crippen LogP) is 4.81. The highest BCUT2D eigenvalue weighted by molar-refractivity contribution is 6.53. The van der Waals surface area contributed by atoms with Crippen LogP contribution >= 0.6 is 23.2 Å². The van der Waals surface area contributed by atoms with E-state index in [2.05, 4.69) is 12.1 Å². The van der Waals surface area contributed by atoms with Crippen LogP contribution in [0.25, 0.3) is 0 Å². The van der Waals surface area contributed by atoms with Crippen molar-refractivity contribution in [3.63, 3.8) is 0 Å². The average Bonchev–Trinajstić information content (AvgIpc) is 2.58. The smallest absolute Gasteiger partial charge is 0.260 e. The number of nitrogens with zero attached hydrogens (tertiary/aromatic N) is 2. The number of allylic oxidation sites excluding steroid dienone is 2. The van der Waals surface area contributed by atoms with Crippen LogP contribution in [-0.4, -0.2) is 15.6 Å². The van der Waals surface area contributed by atoms with Crippen molar-refractivity contribution in [3.05, 3.63) is 47.7 Å². The summed E-state index contributed by atoms with van der Waals surface area (Å²) < 4.78 is 0. The van der Waals surface area contributed by atoms with Gasteiger partial charge in [-0.25, -0.2) is 0 Å². The van der Waals surface area contributed by atoms with Crippen LogP contribution in [0, 0.1) is 17.2 Å². The van der Waals surface area contributed by atoms with Gasteiger partial charge in [0.1, 0.15) is 0 Å². The molecule has 1 aliphatic carbocycles. The van der Waals surface area contributed by atoms with E-state index in [0.717, 1.165) is 36.9 Å². The van der Waals surface area contributed by atoms with Gasteiger partial charge in [-0.1, -0.05) is 59.6 Å². The number of carbonyl (C=O) groups is 1. The Labute approximate surface area is 147 Å². The lowest BCUT2D eigenvalue weighted by molar-refractivity contribution is -0.128. The highest BCUT2D eigenvalue weighted by Crippen LogP contribution is 2.33. The summed E-state index contributed by atoms with van der Waals surface area (Å²) in [5.41, 5.74) is 1.99. The van der Waals surface area contributed by atoms with Gasteiger partial charge in [0.25, 0.3) is 5.91 Å². The van der Waals surface area contributed by atoms with Gasteiger partial charge in [0.2, 0.25) is 0 Å². The summed E-state index contributed by atoms with van der Waals surface area (Å²) >= 11 is 11.7. The van der Waals surface area contributed by atoms with Crippen molar-refractivity contribution >= 4 is 29.1 Å². The molecule has 0 radical (unpaired) electrons. The molecule has 0 aromatic heterocycles. The Balaban J connectivity index is 2.26. The van der Waals surface area contributed by atoms with Gasteiger partial charge in [-0.3, -0.25) is 4.79 Å². The van der Waals surface area contributed by atoms with Crippen LogP contribution in [0.5, 0.6) is 0 Å². The molecule has 23 heavy (non-hydrogen) atoms. The normalized spacial score (nSPS) is 17.5. The number of halogens is 2. The van der Waals surface area contributed by atoms with E-state index in [1.807, 2.05) is 30.3 Å². The lowest BCUT2D eigenvalue weighted by Crippen LogP contribution is -2.37. The molecule has 0 saturated heterocycles. The minimum Gasteiger partial charge on any atom is -0.309 e. The van der Waals surface area contributed by atoms with Crippen molar-refractivity contribution in [3.8, 4) is 6.07 Å². The first-order chi connectivity index (χ1) is 11.1. The molecule has 0 saturated carbocycles. The Morgan fingerprint density at radius 3 is 2.74 bits per heavy atom. The van der Waals surface area contributed by atoms with E-state index < -0.39 is 4.84 Å². The van der Waals surface area contributed by atoms with Crippen LogP contribution in [0.4, 0.5) is 0 Å². The molecule has 2 rings (SSSR count). The Morgan fingerprint density at radius 2 is 2.09 bits per heavy atom. The maximum atomic E-state index is 12.5. The van der Waals surface area contributed by atoms with E-state index >= 15 is 0 Å². The number of alkyl halides is 2. The van der Waals surface area contributed by atoms with Crippen LogP contribution in [0.2, 0.25) is 0 Å². The number of hydrogen-bond acceptors (Lipinski definition) is 2. The molecule has 1 aromatic carbocycles. The Bertz CT molecular complexity index is 593. The zero-order valence-electron chi connectivity index (χ0n) is 12.9. The third-order valence-electron chi connectivity index (χ3n) is 4.08. The van der Waals surface area contributed by atoms with Gasteiger partial charge in [0.15, 0.2) is 4.84 Å². The molecule has 0 spiro atoms. The monoisotopic (exact) mass is 350 g/mol. The lowest BCUT2D eigenvalue weighted by atomic mass is 9.87. The molecule has 0 heterocycles. The second kappa shape index (κ2) is 8.96. The van der Waals surface area contributed by atoms with E-state index in [4.69, 9.17) is 28.5 Å². The molecule has 0 unspecified atom stereocenters. The fourth-order valence-electron chi connectivity index (χ4n) is 2.97. The molecule has 0 bridgehead atoms. The maximum absolute atomic E-state index is 12.5. The minimum atomic E-state index is -1.09. The standard InChI is InChI=1S/C18H20Cl2N2O/c19-17(20)18(23)22(13-14-7-2-1-3-8-14)16-11-5-4-9-15(16)10-6-12-21/h1-3,7-8,11,15,17H,4-6,9-10,13H2/t15-/m1/s1. The number of amides is 1. The molecule has 0 aliphatic heterocycles. The van der Waals surface area contributed by atoms with E-state index in [-0.39, 0.29) is 11.8 Å². The predicted molar refractivity (Wildman–Crippen MR) is 92.8 cm³/mol. The topological polar surface area (TPSA) is 44.1 Å². The first kappa shape index (κ1) is 17.8. The van der Waals surface area contributed by atoms with E-state index in [9.17, 15) is 4.79 Å².